The van der Waals surface area contributed by atoms with Gasteiger partial charge in [0.05, 0.1) is 11.4 Å². The van der Waals surface area contributed by atoms with Crippen molar-refractivity contribution in [3.63, 3.8) is 0 Å². The monoisotopic (exact) mass is 494 g/mol. The average Bonchev–Trinajstić information content (AvgIpc) is 3.04. The first kappa shape index (κ1) is 23.2. The fraction of sp³-hybridized carbons (Fsp3) is 0.611. The molecule has 0 amide bonds. The van der Waals surface area contributed by atoms with Gasteiger partial charge in [0, 0.05) is 25.4 Å². The minimum atomic E-state index is -3.15. The van der Waals surface area contributed by atoms with Crippen molar-refractivity contribution in [1.29, 1.82) is 0 Å². The Morgan fingerprint density at radius 2 is 1.92 bits per heavy atom. The Hall–Kier alpha value is -0.870. The maximum absolute atomic E-state index is 11.5. The lowest BCUT2D eigenvalue weighted by molar-refractivity contribution is 0.267. The highest BCUT2D eigenvalue weighted by atomic mass is 127. The highest BCUT2D eigenvalue weighted by Gasteiger charge is 2.22. The number of rotatable bonds is 7. The van der Waals surface area contributed by atoms with Crippen molar-refractivity contribution in [1.82, 2.24) is 15.5 Å². The molecule has 2 N–H and O–H groups in total. The summed E-state index contributed by atoms with van der Waals surface area (Å²) in [5.74, 6) is 0.803. The molecular weight excluding hydrogens is 463 g/mol. The van der Waals surface area contributed by atoms with Gasteiger partial charge in [-0.25, -0.2) is 13.4 Å². The topological polar surface area (TPSA) is 73.8 Å². The molecule has 1 fully saturated rings. The molecular formula is C18H31IN4O2S. The van der Waals surface area contributed by atoms with Crippen molar-refractivity contribution in [2.75, 3.05) is 32.4 Å². The van der Waals surface area contributed by atoms with Gasteiger partial charge >= 0.3 is 0 Å². The summed E-state index contributed by atoms with van der Waals surface area (Å²) in [6.07, 6.45) is 3.71. The molecule has 1 heterocycles. The summed E-state index contributed by atoms with van der Waals surface area (Å²) >= 11 is 0. The molecule has 0 bridgehead atoms. The SMILES string of the molecule is CCNC(=NCc1ccc(S(C)(=O)=O)cc1)NCC1CCCN1CC.I. The van der Waals surface area contributed by atoms with Crippen molar-refractivity contribution in [2.45, 2.75) is 44.2 Å². The molecule has 1 aromatic carbocycles. The third kappa shape index (κ3) is 7.03. The number of nitrogens with zero attached hydrogens (tertiary/aromatic N) is 2. The molecule has 0 spiro atoms. The van der Waals surface area contributed by atoms with Crippen molar-refractivity contribution in [3.05, 3.63) is 29.8 Å². The van der Waals surface area contributed by atoms with E-state index in [0.29, 0.717) is 17.5 Å². The van der Waals surface area contributed by atoms with E-state index >= 15 is 0 Å². The number of sulfone groups is 1. The number of guanidine groups is 1. The van der Waals surface area contributed by atoms with Crippen LogP contribution in [-0.2, 0) is 16.4 Å². The largest absolute Gasteiger partial charge is 0.357 e. The quantitative estimate of drug-likeness (QED) is 0.346. The van der Waals surface area contributed by atoms with Gasteiger partial charge in [-0.1, -0.05) is 19.1 Å². The number of nitrogens with one attached hydrogen (secondary N) is 2. The highest BCUT2D eigenvalue weighted by Crippen LogP contribution is 2.15. The molecule has 1 aliphatic rings. The molecule has 26 heavy (non-hydrogen) atoms. The van der Waals surface area contributed by atoms with E-state index in [9.17, 15) is 8.42 Å². The lowest BCUT2D eigenvalue weighted by atomic mass is 10.2. The number of hydrogen-bond donors (Lipinski definition) is 2. The Labute approximate surface area is 174 Å². The van der Waals surface area contributed by atoms with E-state index in [0.717, 1.165) is 31.2 Å². The molecule has 2 rings (SSSR count). The second kappa shape index (κ2) is 11.1. The lowest BCUT2D eigenvalue weighted by Gasteiger charge is -2.24. The van der Waals surface area contributed by atoms with Crippen LogP contribution in [0.4, 0.5) is 0 Å². The minimum absolute atomic E-state index is 0. The number of likely N-dealkylation sites (N-methyl/N-ethyl adjacent to an activating group) is 1. The smallest absolute Gasteiger partial charge is 0.191 e. The molecule has 6 nitrogen and oxygen atoms in total. The second-order valence-corrected chi connectivity index (χ2v) is 8.43. The predicted molar refractivity (Wildman–Crippen MR) is 118 cm³/mol. The summed E-state index contributed by atoms with van der Waals surface area (Å²) in [5.41, 5.74) is 0.987. The van der Waals surface area contributed by atoms with E-state index in [-0.39, 0.29) is 24.0 Å². The zero-order valence-electron chi connectivity index (χ0n) is 15.9. The first-order valence-corrected chi connectivity index (χ1v) is 10.9. The normalized spacial score (nSPS) is 18.4. The van der Waals surface area contributed by atoms with E-state index in [2.05, 4.69) is 27.4 Å². The van der Waals surface area contributed by atoms with Crippen LogP contribution in [0.3, 0.4) is 0 Å². The summed E-state index contributed by atoms with van der Waals surface area (Å²) < 4.78 is 23.0. The zero-order valence-corrected chi connectivity index (χ0v) is 19.0. The Kier molecular flexibility index (Phi) is 9.88. The first-order chi connectivity index (χ1) is 11.9. The van der Waals surface area contributed by atoms with Crippen molar-refractivity contribution in [3.8, 4) is 0 Å². The molecule has 1 saturated heterocycles. The van der Waals surface area contributed by atoms with Crippen LogP contribution in [0.2, 0.25) is 0 Å². The van der Waals surface area contributed by atoms with Gasteiger partial charge in [0.25, 0.3) is 0 Å². The molecule has 1 aliphatic heterocycles. The fourth-order valence-corrected chi connectivity index (χ4v) is 3.74. The second-order valence-electron chi connectivity index (χ2n) is 6.42. The molecule has 1 aromatic rings. The van der Waals surface area contributed by atoms with Crippen molar-refractivity contribution in [2.24, 2.45) is 4.99 Å². The predicted octanol–water partition coefficient (Wildman–Crippen LogP) is 2.25. The third-order valence-corrected chi connectivity index (χ3v) is 5.65. The minimum Gasteiger partial charge on any atom is -0.357 e. The molecule has 1 atom stereocenters. The van der Waals surface area contributed by atoms with Gasteiger partial charge < -0.3 is 10.6 Å². The molecule has 0 aromatic heterocycles. The van der Waals surface area contributed by atoms with Gasteiger partial charge in [0.15, 0.2) is 15.8 Å². The van der Waals surface area contributed by atoms with Gasteiger partial charge in [-0.3, -0.25) is 4.90 Å². The maximum Gasteiger partial charge on any atom is 0.191 e. The third-order valence-electron chi connectivity index (χ3n) is 4.53. The van der Waals surface area contributed by atoms with Crippen LogP contribution < -0.4 is 10.6 Å². The summed E-state index contributed by atoms with van der Waals surface area (Å²) in [5, 5.41) is 6.70. The molecule has 1 unspecified atom stereocenters. The van der Waals surface area contributed by atoms with E-state index in [1.807, 2.05) is 19.1 Å². The number of hydrogen-bond acceptors (Lipinski definition) is 4. The fourth-order valence-electron chi connectivity index (χ4n) is 3.11. The van der Waals surface area contributed by atoms with Crippen LogP contribution in [0.1, 0.15) is 32.3 Å². The van der Waals surface area contributed by atoms with E-state index in [1.54, 1.807) is 12.1 Å². The van der Waals surface area contributed by atoms with Gasteiger partial charge in [-0.05, 0) is 50.6 Å². The molecule has 0 aliphatic carbocycles. The van der Waals surface area contributed by atoms with Gasteiger partial charge in [-0.2, -0.15) is 0 Å². The lowest BCUT2D eigenvalue weighted by Crippen LogP contribution is -2.44. The zero-order chi connectivity index (χ0) is 18.3. The van der Waals surface area contributed by atoms with Gasteiger partial charge in [-0.15, -0.1) is 24.0 Å². The Bertz CT molecular complexity index is 677. The maximum atomic E-state index is 11.5. The highest BCUT2D eigenvalue weighted by molar-refractivity contribution is 14.0. The average molecular weight is 494 g/mol. The Morgan fingerprint density at radius 1 is 1.23 bits per heavy atom. The van der Waals surface area contributed by atoms with E-state index in [1.165, 1.54) is 25.6 Å². The molecule has 148 valence electrons. The number of halogens is 1. The summed E-state index contributed by atoms with van der Waals surface area (Å²) in [4.78, 5) is 7.45. The van der Waals surface area contributed by atoms with Crippen LogP contribution in [0, 0.1) is 0 Å². The van der Waals surface area contributed by atoms with Crippen molar-refractivity contribution < 1.29 is 8.42 Å². The van der Waals surface area contributed by atoms with Crippen LogP contribution in [-0.4, -0.2) is 57.8 Å². The Morgan fingerprint density at radius 3 is 2.50 bits per heavy atom. The van der Waals surface area contributed by atoms with Gasteiger partial charge in [0.2, 0.25) is 0 Å². The number of aliphatic imine (C=N–C) groups is 1. The van der Waals surface area contributed by atoms with Crippen molar-refractivity contribution >= 4 is 39.8 Å². The van der Waals surface area contributed by atoms with Crippen LogP contribution >= 0.6 is 24.0 Å². The van der Waals surface area contributed by atoms with Crippen LogP contribution in [0.5, 0.6) is 0 Å². The summed E-state index contributed by atoms with van der Waals surface area (Å²) in [6.45, 7) is 8.74. The molecule has 0 saturated carbocycles. The van der Waals surface area contributed by atoms with E-state index < -0.39 is 9.84 Å². The summed E-state index contributed by atoms with van der Waals surface area (Å²) in [7, 11) is -3.15. The van der Waals surface area contributed by atoms with E-state index in [4.69, 9.17) is 0 Å². The van der Waals surface area contributed by atoms with Crippen LogP contribution in [0.15, 0.2) is 34.2 Å². The summed E-state index contributed by atoms with van der Waals surface area (Å²) in [6, 6.07) is 7.48. The number of benzene rings is 1. The van der Waals surface area contributed by atoms with Crippen LogP contribution in [0.25, 0.3) is 0 Å². The standard InChI is InChI=1S/C18H30N4O2S.HI/c1-4-19-18(21-14-16-7-6-12-22(16)5-2)20-13-15-8-10-17(11-9-15)25(3,23)24;/h8-11,16H,4-7,12-14H2,1-3H3,(H2,19,20,21);1H. The first-order valence-electron chi connectivity index (χ1n) is 8.99. The Balaban J connectivity index is 0.00000338. The van der Waals surface area contributed by atoms with Gasteiger partial charge in [0.1, 0.15) is 0 Å². The molecule has 0 radical (unpaired) electrons. The number of likely N-dealkylation sites (tertiary alicyclic amines) is 1. The molecule has 8 heteroatoms.